The maximum Gasteiger partial charge on any atom is 0.238 e. The topological polar surface area (TPSA) is 77.7 Å². The van der Waals surface area contributed by atoms with E-state index in [1.54, 1.807) is 6.20 Å². The summed E-state index contributed by atoms with van der Waals surface area (Å²) in [5.41, 5.74) is 6.73. The van der Waals surface area contributed by atoms with Gasteiger partial charge in [-0.05, 0) is 30.0 Å². The number of nitrogens with zero attached hydrogens (tertiary/aromatic N) is 2. The van der Waals surface area contributed by atoms with Crippen LogP contribution in [0.15, 0.2) is 18.3 Å². The average molecular weight is 391 g/mol. The van der Waals surface area contributed by atoms with Crippen LogP contribution in [0.3, 0.4) is 0 Å². The van der Waals surface area contributed by atoms with Gasteiger partial charge in [0, 0.05) is 18.8 Å². The fraction of sp³-hybridized carbons (Fsp3) is 0.400. The van der Waals surface area contributed by atoms with Crippen molar-refractivity contribution in [3.8, 4) is 11.5 Å². The van der Waals surface area contributed by atoms with Gasteiger partial charge in [-0.15, -0.1) is 0 Å². The SMILES string of the molecule is C.COc1cc(OC)c(F)c(N2Cc3cnc(CN)cc3C3(CC3)C2=O)c1F. The van der Waals surface area contributed by atoms with Gasteiger partial charge >= 0.3 is 0 Å². The van der Waals surface area contributed by atoms with Crippen LogP contribution in [0.2, 0.25) is 0 Å². The van der Waals surface area contributed by atoms with Crippen LogP contribution in [-0.2, 0) is 23.3 Å². The monoisotopic (exact) mass is 391 g/mol. The molecule has 1 saturated carbocycles. The van der Waals surface area contributed by atoms with Gasteiger partial charge in [-0.3, -0.25) is 9.78 Å². The molecular weight excluding hydrogens is 368 g/mol. The minimum atomic E-state index is -0.935. The summed E-state index contributed by atoms with van der Waals surface area (Å²) in [4.78, 5) is 18.6. The van der Waals surface area contributed by atoms with E-state index in [-0.39, 0.29) is 37.9 Å². The number of fused-ring (bicyclic) bond motifs is 2. The van der Waals surface area contributed by atoms with Crippen molar-refractivity contribution in [1.29, 1.82) is 0 Å². The molecule has 2 heterocycles. The Hall–Kier alpha value is -2.74. The molecule has 1 amide bonds. The van der Waals surface area contributed by atoms with E-state index in [1.807, 2.05) is 6.07 Å². The van der Waals surface area contributed by atoms with Crippen LogP contribution in [0.25, 0.3) is 0 Å². The van der Waals surface area contributed by atoms with Crippen LogP contribution < -0.4 is 20.1 Å². The zero-order chi connectivity index (χ0) is 19.3. The molecule has 0 radical (unpaired) electrons. The molecule has 1 aliphatic carbocycles. The number of pyridine rings is 1. The lowest BCUT2D eigenvalue weighted by molar-refractivity contribution is -0.121. The third-order valence-corrected chi connectivity index (χ3v) is 5.32. The second-order valence-corrected chi connectivity index (χ2v) is 6.77. The first-order valence-electron chi connectivity index (χ1n) is 8.57. The summed E-state index contributed by atoms with van der Waals surface area (Å²) in [5.74, 6) is -2.59. The molecule has 1 spiro atoms. The Morgan fingerprint density at radius 2 is 1.79 bits per heavy atom. The molecule has 1 aromatic carbocycles. The quantitative estimate of drug-likeness (QED) is 0.867. The third kappa shape index (κ3) is 2.71. The van der Waals surface area contributed by atoms with Gasteiger partial charge in [0.25, 0.3) is 0 Å². The van der Waals surface area contributed by atoms with E-state index in [0.717, 1.165) is 22.1 Å². The Morgan fingerprint density at radius 1 is 1.18 bits per heavy atom. The van der Waals surface area contributed by atoms with E-state index in [1.165, 1.54) is 14.2 Å². The molecule has 4 rings (SSSR count). The molecule has 1 aliphatic heterocycles. The third-order valence-electron chi connectivity index (χ3n) is 5.32. The Bertz CT molecular complexity index is 917. The Balaban J connectivity index is 0.00000225. The van der Waals surface area contributed by atoms with Crippen molar-refractivity contribution >= 4 is 11.6 Å². The number of rotatable bonds is 4. The molecule has 2 N–H and O–H groups in total. The number of methoxy groups -OCH3 is 2. The van der Waals surface area contributed by atoms with Crippen molar-refractivity contribution in [1.82, 2.24) is 4.98 Å². The second-order valence-electron chi connectivity index (χ2n) is 6.77. The highest BCUT2D eigenvalue weighted by Crippen LogP contribution is 2.54. The highest BCUT2D eigenvalue weighted by atomic mass is 19.1. The molecule has 2 aliphatic rings. The number of hydrogen-bond acceptors (Lipinski definition) is 5. The first-order chi connectivity index (χ1) is 13.0. The average Bonchev–Trinajstić information content (AvgIpc) is 3.47. The van der Waals surface area contributed by atoms with Crippen molar-refractivity contribution in [2.45, 2.75) is 38.8 Å². The van der Waals surface area contributed by atoms with E-state index >= 15 is 0 Å². The first kappa shape index (κ1) is 20.0. The lowest BCUT2D eigenvalue weighted by atomic mass is 9.86. The summed E-state index contributed by atoms with van der Waals surface area (Å²) < 4.78 is 39.8. The smallest absolute Gasteiger partial charge is 0.238 e. The van der Waals surface area contributed by atoms with Crippen LogP contribution in [0.4, 0.5) is 14.5 Å². The highest BCUT2D eigenvalue weighted by Gasteiger charge is 2.57. The molecule has 0 unspecified atom stereocenters. The van der Waals surface area contributed by atoms with Gasteiger partial charge in [-0.25, -0.2) is 8.78 Å². The number of nitrogens with two attached hydrogens (primary N) is 1. The van der Waals surface area contributed by atoms with Gasteiger partial charge in [0.15, 0.2) is 23.1 Å². The molecule has 1 fully saturated rings. The van der Waals surface area contributed by atoms with Gasteiger partial charge in [0.1, 0.15) is 5.69 Å². The van der Waals surface area contributed by atoms with Crippen LogP contribution in [-0.4, -0.2) is 25.1 Å². The summed E-state index contributed by atoms with van der Waals surface area (Å²) in [6.07, 6.45) is 2.87. The summed E-state index contributed by atoms with van der Waals surface area (Å²) in [6.45, 7) is 0.273. The molecule has 2 aromatic rings. The number of carbonyl (C=O) groups is 1. The molecule has 8 heteroatoms. The number of amides is 1. The maximum absolute atomic E-state index is 14.9. The first-order valence-corrected chi connectivity index (χ1v) is 8.57. The normalized spacial score (nSPS) is 16.5. The summed E-state index contributed by atoms with van der Waals surface area (Å²) in [5, 5.41) is 0. The highest BCUT2D eigenvalue weighted by molar-refractivity contribution is 6.05. The summed E-state index contributed by atoms with van der Waals surface area (Å²) in [6, 6.07) is 2.95. The molecule has 0 saturated heterocycles. The van der Waals surface area contributed by atoms with Gasteiger partial charge in [-0.2, -0.15) is 0 Å². The largest absolute Gasteiger partial charge is 0.493 e. The van der Waals surface area contributed by atoms with Crippen molar-refractivity contribution in [2.24, 2.45) is 5.73 Å². The van der Waals surface area contributed by atoms with Gasteiger partial charge in [0.2, 0.25) is 5.91 Å². The Labute approximate surface area is 162 Å². The van der Waals surface area contributed by atoms with E-state index in [9.17, 15) is 13.6 Å². The second kappa shape index (κ2) is 7.01. The zero-order valence-corrected chi connectivity index (χ0v) is 15.0. The van der Waals surface area contributed by atoms with Crippen LogP contribution >= 0.6 is 0 Å². The number of ether oxygens (including phenoxy) is 2. The van der Waals surface area contributed by atoms with Crippen LogP contribution in [0.5, 0.6) is 11.5 Å². The Morgan fingerprint density at radius 3 is 2.29 bits per heavy atom. The molecule has 1 aromatic heterocycles. The minimum absolute atomic E-state index is 0. The number of carbonyl (C=O) groups excluding carboxylic acids is 1. The van der Waals surface area contributed by atoms with Crippen LogP contribution in [0.1, 0.15) is 37.1 Å². The fourth-order valence-corrected chi connectivity index (χ4v) is 3.72. The predicted octanol–water partition coefficient (Wildman–Crippen LogP) is 3.05. The molecule has 28 heavy (non-hydrogen) atoms. The number of benzene rings is 1. The van der Waals surface area contributed by atoms with E-state index in [4.69, 9.17) is 15.2 Å². The molecule has 150 valence electrons. The lowest BCUT2D eigenvalue weighted by Crippen LogP contribution is -2.45. The molecular formula is C20H23F2N3O3. The van der Waals surface area contributed by atoms with Crippen molar-refractivity contribution in [2.75, 3.05) is 19.1 Å². The van der Waals surface area contributed by atoms with Gasteiger partial charge in [0.05, 0.1) is 31.9 Å². The molecule has 0 bridgehead atoms. The van der Waals surface area contributed by atoms with Crippen LogP contribution in [0, 0.1) is 11.6 Å². The minimum Gasteiger partial charge on any atom is -0.493 e. The number of aromatic nitrogens is 1. The van der Waals surface area contributed by atoms with E-state index < -0.39 is 22.7 Å². The number of anilines is 1. The number of halogens is 2. The molecule has 0 atom stereocenters. The summed E-state index contributed by atoms with van der Waals surface area (Å²) >= 11 is 0. The van der Waals surface area contributed by atoms with Gasteiger partial charge < -0.3 is 20.1 Å². The predicted molar refractivity (Wildman–Crippen MR) is 100 cm³/mol. The van der Waals surface area contributed by atoms with Gasteiger partial charge in [-0.1, -0.05) is 7.43 Å². The number of hydrogen-bond donors (Lipinski definition) is 1. The standard InChI is InChI=1S/C19H19F2N3O3.CH4/c1-26-13-6-14(27-2)16(21)17(15(13)20)24-9-10-8-23-11(7-22)5-12(10)19(3-4-19)18(24)25;/h5-6,8H,3-4,7,9,22H2,1-2H3;1H4. The van der Waals surface area contributed by atoms with Crippen molar-refractivity contribution < 1.29 is 23.0 Å². The van der Waals surface area contributed by atoms with E-state index in [2.05, 4.69) is 4.98 Å². The summed E-state index contributed by atoms with van der Waals surface area (Å²) in [7, 11) is 2.54. The van der Waals surface area contributed by atoms with E-state index in [0.29, 0.717) is 18.5 Å². The molecule has 6 nitrogen and oxygen atoms in total. The van der Waals surface area contributed by atoms with Crippen molar-refractivity contribution in [3.63, 3.8) is 0 Å². The Kier molecular flexibility index (Phi) is 5.01. The van der Waals surface area contributed by atoms with Crippen molar-refractivity contribution in [3.05, 3.63) is 46.8 Å². The maximum atomic E-state index is 14.9. The lowest BCUT2D eigenvalue weighted by Gasteiger charge is -2.35. The fourth-order valence-electron chi connectivity index (χ4n) is 3.72. The zero-order valence-electron chi connectivity index (χ0n) is 15.0.